The Morgan fingerprint density at radius 2 is 2.11 bits per heavy atom. The van der Waals surface area contributed by atoms with E-state index < -0.39 is 17.7 Å². The second kappa shape index (κ2) is 6.00. The van der Waals surface area contributed by atoms with Crippen molar-refractivity contribution in [1.82, 2.24) is 5.32 Å². The Kier molecular flexibility index (Phi) is 4.90. The fourth-order valence-electron chi connectivity index (χ4n) is 1.33. The number of hydrogen-bond donors (Lipinski definition) is 1. The molecule has 0 saturated carbocycles. The molecule has 0 aliphatic rings. The van der Waals surface area contributed by atoms with Gasteiger partial charge >= 0.3 is 6.09 Å². The molecule has 0 bridgehead atoms. The van der Waals surface area contributed by atoms with Gasteiger partial charge in [-0.3, -0.25) is 0 Å². The second-order valence-electron chi connectivity index (χ2n) is 4.81. The molecule has 1 aromatic rings. The molecular weight excluding hydrogens is 298 g/mol. The van der Waals surface area contributed by atoms with Crippen molar-refractivity contribution >= 4 is 28.3 Å². The lowest BCUT2D eigenvalue weighted by Gasteiger charge is -2.21. The lowest BCUT2D eigenvalue weighted by atomic mass is 10.1. The molecule has 4 nitrogen and oxygen atoms in total. The molecule has 1 rings (SSSR count). The number of rotatable bonds is 3. The third kappa shape index (κ3) is 4.87. The molecule has 0 fully saturated rings. The predicted octanol–water partition coefficient (Wildman–Crippen LogP) is 3.21. The number of nitrogens with one attached hydrogen (secondary N) is 1. The van der Waals surface area contributed by atoms with Crippen LogP contribution in [0.4, 0.5) is 4.79 Å². The van der Waals surface area contributed by atoms with Gasteiger partial charge in [0.15, 0.2) is 0 Å². The quantitative estimate of drug-likeness (QED) is 0.872. The molecule has 1 atom stereocenters. The third-order valence-electron chi connectivity index (χ3n) is 2.02. The molecule has 0 spiro atoms. The average Bonchev–Trinajstić information content (AvgIpc) is 2.23. The maximum Gasteiger partial charge on any atom is 0.408 e. The van der Waals surface area contributed by atoms with Crippen molar-refractivity contribution in [2.24, 2.45) is 0 Å². The molecule has 18 heavy (non-hydrogen) atoms. The van der Waals surface area contributed by atoms with Gasteiger partial charge in [0, 0.05) is 4.47 Å². The van der Waals surface area contributed by atoms with E-state index in [0.717, 1.165) is 4.47 Å². The Balaban J connectivity index is 2.74. The summed E-state index contributed by atoms with van der Waals surface area (Å²) in [5, 5.41) is 2.52. The highest BCUT2D eigenvalue weighted by atomic mass is 79.9. The lowest BCUT2D eigenvalue weighted by molar-refractivity contribution is -0.109. The van der Waals surface area contributed by atoms with Crippen LogP contribution in [0.25, 0.3) is 0 Å². The van der Waals surface area contributed by atoms with Crippen molar-refractivity contribution in [3.8, 4) is 0 Å². The Hall–Kier alpha value is -1.36. The molecule has 0 radical (unpaired) electrons. The van der Waals surface area contributed by atoms with Gasteiger partial charge in [-0.05, 0) is 38.5 Å². The minimum Gasteiger partial charge on any atom is -0.444 e. The van der Waals surface area contributed by atoms with Crippen LogP contribution in [0.5, 0.6) is 0 Å². The normalized spacial score (nSPS) is 12.7. The Morgan fingerprint density at radius 3 is 2.61 bits per heavy atom. The van der Waals surface area contributed by atoms with Crippen molar-refractivity contribution in [1.29, 1.82) is 0 Å². The zero-order valence-corrected chi connectivity index (χ0v) is 12.2. The molecule has 0 aromatic heterocycles. The first-order valence-corrected chi connectivity index (χ1v) is 6.31. The topological polar surface area (TPSA) is 55.4 Å². The first-order chi connectivity index (χ1) is 8.31. The number of hydrogen-bond acceptors (Lipinski definition) is 3. The molecule has 1 amide bonds. The zero-order chi connectivity index (χ0) is 13.8. The van der Waals surface area contributed by atoms with Gasteiger partial charge in [0.25, 0.3) is 0 Å². The largest absolute Gasteiger partial charge is 0.444 e. The average molecular weight is 314 g/mol. The van der Waals surface area contributed by atoms with Crippen LogP contribution in [-0.2, 0) is 9.53 Å². The second-order valence-corrected chi connectivity index (χ2v) is 5.73. The van der Waals surface area contributed by atoms with E-state index in [-0.39, 0.29) is 0 Å². The maximum absolute atomic E-state index is 11.6. The number of halogens is 1. The summed E-state index contributed by atoms with van der Waals surface area (Å²) in [7, 11) is 0. The summed E-state index contributed by atoms with van der Waals surface area (Å²) in [6.07, 6.45) is 0.0608. The Labute approximate surface area is 115 Å². The molecule has 0 aliphatic heterocycles. The fourth-order valence-corrected chi connectivity index (χ4v) is 1.75. The highest BCUT2D eigenvalue weighted by Crippen LogP contribution is 2.17. The van der Waals surface area contributed by atoms with E-state index in [4.69, 9.17) is 4.74 Å². The molecule has 0 heterocycles. The number of ether oxygens (including phenoxy) is 1. The van der Waals surface area contributed by atoms with Crippen molar-refractivity contribution in [3.63, 3.8) is 0 Å². The molecule has 1 aromatic carbocycles. The Bertz CT molecular complexity index is 440. The third-order valence-corrected chi connectivity index (χ3v) is 2.51. The van der Waals surface area contributed by atoms with Crippen molar-refractivity contribution in [3.05, 3.63) is 34.3 Å². The van der Waals surface area contributed by atoms with Crippen LogP contribution in [0.15, 0.2) is 28.7 Å². The van der Waals surface area contributed by atoms with Crippen molar-refractivity contribution < 1.29 is 14.3 Å². The summed E-state index contributed by atoms with van der Waals surface area (Å²) in [5.74, 6) is 0. The molecule has 1 unspecified atom stereocenters. The van der Waals surface area contributed by atoms with E-state index in [9.17, 15) is 9.59 Å². The highest BCUT2D eigenvalue weighted by molar-refractivity contribution is 9.10. The minimum absolute atomic E-state index is 0.589. The zero-order valence-electron chi connectivity index (χ0n) is 10.6. The highest BCUT2D eigenvalue weighted by Gasteiger charge is 2.20. The summed E-state index contributed by atoms with van der Waals surface area (Å²) < 4.78 is 5.95. The summed E-state index contributed by atoms with van der Waals surface area (Å²) in [6.45, 7) is 5.30. The Morgan fingerprint density at radius 1 is 1.44 bits per heavy atom. The van der Waals surface area contributed by atoms with Crippen molar-refractivity contribution in [2.75, 3.05) is 0 Å². The first-order valence-electron chi connectivity index (χ1n) is 5.52. The van der Waals surface area contributed by atoms with E-state index in [2.05, 4.69) is 21.2 Å². The van der Waals surface area contributed by atoms with Crippen LogP contribution < -0.4 is 5.32 Å². The number of carbonyl (C=O) groups is 2. The van der Waals surface area contributed by atoms with E-state index in [1.54, 1.807) is 39.0 Å². The summed E-state index contributed by atoms with van der Waals surface area (Å²) >= 11 is 3.31. The molecule has 0 saturated heterocycles. The van der Waals surface area contributed by atoms with Crippen LogP contribution in [0, 0.1) is 0 Å². The number of benzene rings is 1. The van der Waals surface area contributed by atoms with Gasteiger partial charge in [-0.15, -0.1) is 0 Å². The first kappa shape index (κ1) is 14.7. The van der Waals surface area contributed by atoms with Gasteiger partial charge < -0.3 is 14.8 Å². The van der Waals surface area contributed by atoms with Crippen LogP contribution in [0.1, 0.15) is 32.4 Å². The van der Waals surface area contributed by atoms with Gasteiger partial charge in [-0.2, -0.15) is 0 Å². The van der Waals surface area contributed by atoms with Crippen LogP contribution in [0.2, 0.25) is 0 Å². The summed E-state index contributed by atoms with van der Waals surface area (Å²) in [6, 6.07) is 6.47. The molecule has 5 heteroatoms. The van der Waals surface area contributed by atoms with Gasteiger partial charge in [-0.1, -0.05) is 28.1 Å². The SMILES string of the molecule is CC(C)(C)OC(=O)NC(C=O)c1cccc(Br)c1. The fraction of sp³-hybridized carbons (Fsp3) is 0.385. The van der Waals surface area contributed by atoms with E-state index >= 15 is 0 Å². The molecule has 98 valence electrons. The number of carbonyl (C=O) groups excluding carboxylic acids is 2. The van der Waals surface area contributed by atoms with Crippen LogP contribution in [0.3, 0.4) is 0 Å². The van der Waals surface area contributed by atoms with Gasteiger partial charge in [0.2, 0.25) is 0 Å². The van der Waals surface area contributed by atoms with Crippen LogP contribution in [-0.4, -0.2) is 18.0 Å². The van der Waals surface area contributed by atoms with Gasteiger partial charge in [0.1, 0.15) is 17.9 Å². The van der Waals surface area contributed by atoms with Crippen molar-refractivity contribution in [2.45, 2.75) is 32.4 Å². The number of aldehydes is 1. The summed E-state index contributed by atoms with van der Waals surface area (Å²) in [5.41, 5.74) is 0.111. The minimum atomic E-state index is -0.711. The van der Waals surface area contributed by atoms with Gasteiger partial charge in [0.05, 0.1) is 0 Å². The number of amides is 1. The molecule has 0 aliphatic carbocycles. The van der Waals surface area contributed by atoms with E-state index in [1.165, 1.54) is 0 Å². The van der Waals surface area contributed by atoms with E-state index in [1.807, 2.05) is 6.07 Å². The molecular formula is C13H16BrNO3. The van der Waals surface area contributed by atoms with Gasteiger partial charge in [-0.25, -0.2) is 4.79 Å². The number of alkyl carbamates (subject to hydrolysis) is 1. The monoisotopic (exact) mass is 313 g/mol. The standard InChI is InChI=1S/C13H16BrNO3/c1-13(2,3)18-12(17)15-11(8-16)9-5-4-6-10(14)7-9/h4-8,11H,1-3H3,(H,15,17). The maximum atomic E-state index is 11.6. The molecule has 1 N–H and O–H groups in total. The van der Waals surface area contributed by atoms with Crippen LogP contribution >= 0.6 is 15.9 Å². The smallest absolute Gasteiger partial charge is 0.408 e. The van der Waals surface area contributed by atoms with E-state index in [0.29, 0.717) is 11.8 Å². The lowest BCUT2D eigenvalue weighted by Crippen LogP contribution is -2.35. The summed E-state index contributed by atoms with van der Waals surface area (Å²) in [4.78, 5) is 22.6. The predicted molar refractivity (Wildman–Crippen MR) is 72.3 cm³/mol.